The number of likely N-dealkylation sites (tertiary alicyclic amines) is 1. The van der Waals surface area contributed by atoms with Crippen LogP contribution in [0.1, 0.15) is 39.5 Å². The lowest BCUT2D eigenvalue weighted by molar-refractivity contribution is 0.197. The van der Waals surface area contributed by atoms with E-state index in [9.17, 15) is 4.79 Å². The molecule has 1 aliphatic rings. The molecule has 20 heavy (non-hydrogen) atoms. The predicted molar refractivity (Wildman–Crippen MR) is 81.7 cm³/mol. The van der Waals surface area contributed by atoms with Gasteiger partial charge in [-0.2, -0.15) is 0 Å². The van der Waals surface area contributed by atoms with Gasteiger partial charge in [-0.1, -0.05) is 19.1 Å². The van der Waals surface area contributed by atoms with Crippen LogP contribution in [0, 0.1) is 0 Å². The minimum Gasteiger partial charge on any atom is -0.396 e. The average molecular weight is 283 g/mol. The Balaban J connectivity index is 2.25. The van der Waals surface area contributed by atoms with E-state index in [0.717, 1.165) is 38.9 Å². The average Bonchev–Trinajstić information content (AvgIpc) is 2.40. The van der Waals surface area contributed by atoms with Crippen molar-refractivity contribution in [2.24, 2.45) is 0 Å². The van der Waals surface area contributed by atoms with Crippen molar-refractivity contribution in [3.05, 3.63) is 12.2 Å². The smallest absolute Gasteiger partial charge is 0.315 e. The molecular formula is C15H29N3O2. The Kier molecular flexibility index (Phi) is 7.62. The number of nitrogens with zero attached hydrogens (tertiary/aromatic N) is 1. The van der Waals surface area contributed by atoms with Gasteiger partial charge in [0, 0.05) is 38.3 Å². The number of rotatable bonds is 7. The highest BCUT2D eigenvalue weighted by atomic mass is 16.3. The zero-order valence-corrected chi connectivity index (χ0v) is 12.8. The van der Waals surface area contributed by atoms with Crippen LogP contribution in [0.2, 0.25) is 0 Å². The molecule has 5 nitrogen and oxygen atoms in total. The predicted octanol–water partition coefficient (Wildman–Crippen LogP) is 1.49. The second kappa shape index (κ2) is 8.97. The van der Waals surface area contributed by atoms with Crippen LogP contribution >= 0.6 is 0 Å². The molecule has 1 heterocycles. The van der Waals surface area contributed by atoms with Gasteiger partial charge in [0.1, 0.15) is 0 Å². The number of aliphatic hydroxyl groups is 1. The molecule has 1 saturated heterocycles. The first-order chi connectivity index (χ1) is 9.55. The first kappa shape index (κ1) is 17.0. The number of carbonyl (C=O) groups excluding carboxylic acids is 1. The summed E-state index contributed by atoms with van der Waals surface area (Å²) < 4.78 is 0. The molecule has 0 aromatic rings. The van der Waals surface area contributed by atoms with Crippen molar-refractivity contribution in [3.8, 4) is 0 Å². The normalized spacial score (nSPS) is 18.6. The Morgan fingerprint density at radius 3 is 2.60 bits per heavy atom. The van der Waals surface area contributed by atoms with Gasteiger partial charge in [-0.15, -0.1) is 0 Å². The molecule has 1 fully saturated rings. The van der Waals surface area contributed by atoms with Crippen LogP contribution in [0.4, 0.5) is 4.79 Å². The summed E-state index contributed by atoms with van der Waals surface area (Å²) in [7, 11) is 0. The van der Waals surface area contributed by atoms with Gasteiger partial charge >= 0.3 is 6.03 Å². The monoisotopic (exact) mass is 283 g/mol. The molecule has 2 amide bonds. The van der Waals surface area contributed by atoms with E-state index in [2.05, 4.69) is 22.1 Å². The van der Waals surface area contributed by atoms with Gasteiger partial charge in [-0.05, 0) is 32.6 Å². The van der Waals surface area contributed by atoms with Crippen molar-refractivity contribution in [1.29, 1.82) is 0 Å². The molecule has 1 unspecified atom stereocenters. The van der Waals surface area contributed by atoms with Crippen molar-refractivity contribution in [2.75, 3.05) is 26.2 Å². The number of aliphatic hydroxyl groups excluding tert-OH is 1. The molecule has 1 aliphatic heterocycles. The number of hydrogen-bond donors (Lipinski definition) is 3. The van der Waals surface area contributed by atoms with Gasteiger partial charge in [0.25, 0.3) is 0 Å². The second-order valence-electron chi connectivity index (χ2n) is 5.74. The Morgan fingerprint density at radius 1 is 1.45 bits per heavy atom. The van der Waals surface area contributed by atoms with Crippen molar-refractivity contribution < 1.29 is 9.90 Å². The molecule has 0 bridgehead atoms. The van der Waals surface area contributed by atoms with Crippen molar-refractivity contribution in [1.82, 2.24) is 15.5 Å². The quantitative estimate of drug-likeness (QED) is 0.620. The van der Waals surface area contributed by atoms with Crippen molar-refractivity contribution >= 4 is 6.03 Å². The molecule has 3 N–H and O–H groups in total. The Labute approximate surface area is 122 Å². The molecule has 0 spiro atoms. The number of urea groups is 1. The van der Waals surface area contributed by atoms with Crippen LogP contribution in [0.5, 0.6) is 0 Å². The topological polar surface area (TPSA) is 64.6 Å². The third-order valence-electron chi connectivity index (χ3n) is 3.72. The highest BCUT2D eigenvalue weighted by Gasteiger charge is 2.21. The number of carbonyl (C=O) groups is 1. The van der Waals surface area contributed by atoms with Crippen LogP contribution in [-0.4, -0.2) is 54.4 Å². The molecule has 5 heteroatoms. The standard InChI is InChI=1S/C15H29N3O2/c1-4-13(7-10-19)16-15(20)17-14-5-8-18(9-6-14)11-12(2)3/h13-14,19H,2,4-11H2,1,3H3,(H2,16,17,20). The summed E-state index contributed by atoms with van der Waals surface area (Å²) in [6.07, 6.45) is 3.42. The maximum absolute atomic E-state index is 11.9. The van der Waals surface area contributed by atoms with E-state index >= 15 is 0 Å². The van der Waals surface area contributed by atoms with Crippen molar-refractivity contribution in [2.45, 2.75) is 51.6 Å². The van der Waals surface area contributed by atoms with Crippen LogP contribution in [0.3, 0.4) is 0 Å². The molecule has 0 radical (unpaired) electrons. The Morgan fingerprint density at radius 2 is 2.10 bits per heavy atom. The van der Waals surface area contributed by atoms with E-state index in [4.69, 9.17) is 5.11 Å². The maximum atomic E-state index is 11.9. The lowest BCUT2D eigenvalue weighted by Gasteiger charge is -2.32. The SMILES string of the molecule is C=C(C)CN1CCC(NC(=O)NC(CC)CCO)CC1. The summed E-state index contributed by atoms with van der Waals surface area (Å²) in [5, 5.41) is 14.9. The van der Waals surface area contributed by atoms with E-state index < -0.39 is 0 Å². The van der Waals surface area contributed by atoms with Gasteiger partial charge in [-0.25, -0.2) is 4.79 Å². The minimum absolute atomic E-state index is 0.0588. The Bertz CT molecular complexity index is 312. The zero-order valence-electron chi connectivity index (χ0n) is 12.8. The lowest BCUT2D eigenvalue weighted by atomic mass is 10.0. The van der Waals surface area contributed by atoms with E-state index in [1.807, 2.05) is 13.8 Å². The van der Waals surface area contributed by atoms with Crippen LogP contribution in [0.25, 0.3) is 0 Å². The second-order valence-corrected chi connectivity index (χ2v) is 5.74. The maximum Gasteiger partial charge on any atom is 0.315 e. The summed E-state index contributed by atoms with van der Waals surface area (Å²) in [4.78, 5) is 14.3. The fourth-order valence-electron chi connectivity index (χ4n) is 2.56. The van der Waals surface area contributed by atoms with E-state index in [0.29, 0.717) is 6.42 Å². The molecule has 0 saturated carbocycles. The summed E-state index contributed by atoms with van der Waals surface area (Å²) in [6.45, 7) is 11.1. The van der Waals surface area contributed by atoms with Crippen LogP contribution in [0.15, 0.2) is 12.2 Å². The summed E-state index contributed by atoms with van der Waals surface area (Å²) in [6, 6.07) is 0.204. The fourth-order valence-corrected chi connectivity index (χ4v) is 2.56. The van der Waals surface area contributed by atoms with Gasteiger partial charge in [0.2, 0.25) is 0 Å². The zero-order chi connectivity index (χ0) is 15.0. The lowest BCUT2D eigenvalue weighted by Crippen LogP contribution is -2.50. The first-order valence-electron chi connectivity index (χ1n) is 7.59. The molecule has 1 rings (SSSR count). The van der Waals surface area contributed by atoms with Crippen LogP contribution in [-0.2, 0) is 0 Å². The number of hydrogen-bond acceptors (Lipinski definition) is 3. The first-order valence-corrected chi connectivity index (χ1v) is 7.59. The summed E-state index contributed by atoms with van der Waals surface area (Å²) in [5.41, 5.74) is 1.18. The van der Waals surface area contributed by atoms with Gasteiger partial charge in [0.05, 0.1) is 0 Å². The molecule has 0 aromatic heterocycles. The van der Waals surface area contributed by atoms with Crippen LogP contribution < -0.4 is 10.6 Å². The van der Waals surface area contributed by atoms with E-state index in [1.54, 1.807) is 0 Å². The number of nitrogens with one attached hydrogen (secondary N) is 2. The highest BCUT2D eigenvalue weighted by molar-refractivity contribution is 5.74. The van der Waals surface area contributed by atoms with E-state index in [-0.39, 0.29) is 24.7 Å². The fraction of sp³-hybridized carbons (Fsp3) is 0.800. The largest absolute Gasteiger partial charge is 0.396 e. The summed E-state index contributed by atoms with van der Waals surface area (Å²) in [5.74, 6) is 0. The third kappa shape index (κ3) is 6.39. The van der Waals surface area contributed by atoms with Crippen molar-refractivity contribution in [3.63, 3.8) is 0 Å². The number of amides is 2. The third-order valence-corrected chi connectivity index (χ3v) is 3.72. The minimum atomic E-state index is -0.108. The molecule has 0 aromatic carbocycles. The van der Waals surface area contributed by atoms with Gasteiger partial charge < -0.3 is 15.7 Å². The van der Waals surface area contributed by atoms with E-state index in [1.165, 1.54) is 5.57 Å². The molecule has 0 aliphatic carbocycles. The highest BCUT2D eigenvalue weighted by Crippen LogP contribution is 2.11. The van der Waals surface area contributed by atoms with Gasteiger partial charge in [0.15, 0.2) is 0 Å². The molecule has 1 atom stereocenters. The number of piperidine rings is 1. The Hall–Kier alpha value is -1.07. The van der Waals surface area contributed by atoms with Gasteiger partial charge in [-0.3, -0.25) is 4.90 Å². The molecule has 116 valence electrons. The summed E-state index contributed by atoms with van der Waals surface area (Å²) >= 11 is 0. The molecular weight excluding hydrogens is 254 g/mol.